The van der Waals surface area contributed by atoms with Crippen LogP contribution in [0.15, 0.2) is 36.5 Å². The molecular formula is C16H14N2O3. The van der Waals surface area contributed by atoms with Crippen LogP contribution in [0.4, 0.5) is 0 Å². The van der Waals surface area contributed by atoms with E-state index in [1.807, 2.05) is 19.1 Å². The number of nitrogens with zero attached hydrogens (tertiary/aromatic N) is 1. The lowest BCUT2D eigenvalue weighted by Gasteiger charge is -2.10. The zero-order valence-corrected chi connectivity index (χ0v) is 11.4. The van der Waals surface area contributed by atoms with Gasteiger partial charge in [0.25, 0.3) is 0 Å². The van der Waals surface area contributed by atoms with Crippen molar-refractivity contribution in [2.75, 3.05) is 0 Å². The largest absolute Gasteiger partial charge is 0.478 e. The highest BCUT2D eigenvalue weighted by Gasteiger charge is 2.13. The summed E-state index contributed by atoms with van der Waals surface area (Å²) in [5, 5.41) is 26.4. The molecule has 21 heavy (non-hydrogen) atoms. The summed E-state index contributed by atoms with van der Waals surface area (Å²) < 4.78 is 0. The number of aliphatic hydroxyl groups is 1. The Morgan fingerprint density at radius 2 is 2.10 bits per heavy atom. The summed E-state index contributed by atoms with van der Waals surface area (Å²) >= 11 is 0. The molecule has 5 nitrogen and oxygen atoms in total. The van der Waals surface area contributed by atoms with Gasteiger partial charge in [-0.05, 0) is 53.4 Å². The van der Waals surface area contributed by atoms with Gasteiger partial charge in [-0.25, -0.2) is 4.79 Å². The second-order valence-corrected chi connectivity index (χ2v) is 4.97. The fraction of sp³-hybridized carbons (Fsp3) is 0.125. The lowest BCUT2D eigenvalue weighted by atomic mass is 9.94. The number of hydrogen-bond donors (Lipinski definition) is 3. The highest BCUT2D eigenvalue weighted by atomic mass is 16.4. The molecule has 0 atom stereocenters. The number of aliphatic hydroxyl groups excluding tert-OH is 1. The van der Waals surface area contributed by atoms with Crippen molar-refractivity contribution in [2.45, 2.75) is 13.5 Å². The Morgan fingerprint density at radius 1 is 1.29 bits per heavy atom. The number of carboxylic acid groups (broad SMARTS) is 1. The molecule has 5 heteroatoms. The SMILES string of the molecule is Cc1ccc2[nH]ncc2c1-c1cc(CO)cc(C(=O)O)c1. The Morgan fingerprint density at radius 3 is 2.81 bits per heavy atom. The first-order valence-corrected chi connectivity index (χ1v) is 6.51. The standard InChI is InChI=1S/C16H14N2O3/c1-9-2-3-14-13(7-17-18-14)15(9)11-4-10(8-19)5-12(6-11)16(20)21/h2-7,19H,8H2,1H3,(H,17,18)(H,20,21). The van der Waals surface area contributed by atoms with Crippen LogP contribution < -0.4 is 0 Å². The van der Waals surface area contributed by atoms with Gasteiger partial charge in [-0.15, -0.1) is 0 Å². The Kier molecular flexibility index (Phi) is 3.19. The number of benzene rings is 2. The maximum atomic E-state index is 11.3. The maximum absolute atomic E-state index is 11.3. The molecule has 0 aliphatic heterocycles. The molecule has 0 fully saturated rings. The van der Waals surface area contributed by atoms with E-state index in [1.165, 1.54) is 6.07 Å². The van der Waals surface area contributed by atoms with Crippen LogP contribution >= 0.6 is 0 Å². The van der Waals surface area contributed by atoms with Crippen molar-refractivity contribution in [1.29, 1.82) is 0 Å². The van der Waals surface area contributed by atoms with Crippen LogP contribution in [0.3, 0.4) is 0 Å². The molecule has 1 aromatic heterocycles. The molecule has 0 aliphatic carbocycles. The summed E-state index contributed by atoms with van der Waals surface area (Å²) in [5.74, 6) is -1.01. The number of aromatic amines is 1. The van der Waals surface area contributed by atoms with Gasteiger partial charge in [0.1, 0.15) is 0 Å². The fourth-order valence-corrected chi connectivity index (χ4v) is 2.56. The first-order valence-electron chi connectivity index (χ1n) is 6.51. The molecule has 0 aliphatic rings. The molecule has 0 amide bonds. The van der Waals surface area contributed by atoms with Crippen molar-refractivity contribution in [2.24, 2.45) is 0 Å². The highest BCUT2D eigenvalue weighted by Crippen LogP contribution is 2.32. The minimum absolute atomic E-state index is 0.163. The number of fused-ring (bicyclic) bond motifs is 1. The fourth-order valence-electron chi connectivity index (χ4n) is 2.56. The van der Waals surface area contributed by atoms with E-state index in [0.717, 1.165) is 27.6 Å². The second-order valence-electron chi connectivity index (χ2n) is 4.97. The summed E-state index contributed by atoms with van der Waals surface area (Å²) in [7, 11) is 0. The smallest absolute Gasteiger partial charge is 0.335 e. The van der Waals surface area contributed by atoms with Gasteiger partial charge >= 0.3 is 5.97 Å². The molecule has 2 aromatic carbocycles. The van der Waals surface area contributed by atoms with Crippen molar-refractivity contribution in [3.8, 4) is 11.1 Å². The average Bonchev–Trinajstić information content (AvgIpc) is 2.94. The second kappa shape index (κ2) is 5.03. The number of aryl methyl sites for hydroxylation is 1. The average molecular weight is 282 g/mol. The van der Waals surface area contributed by atoms with Gasteiger partial charge in [0.15, 0.2) is 0 Å². The van der Waals surface area contributed by atoms with Crippen molar-refractivity contribution in [3.05, 3.63) is 53.2 Å². The molecule has 1 heterocycles. The van der Waals surface area contributed by atoms with E-state index in [2.05, 4.69) is 10.2 Å². The Balaban J connectivity index is 2.31. The topological polar surface area (TPSA) is 86.2 Å². The third kappa shape index (κ3) is 2.28. The molecule has 106 valence electrons. The van der Waals surface area contributed by atoms with Gasteiger partial charge < -0.3 is 10.2 Å². The van der Waals surface area contributed by atoms with E-state index in [4.69, 9.17) is 0 Å². The summed E-state index contributed by atoms with van der Waals surface area (Å²) in [6.07, 6.45) is 1.73. The minimum atomic E-state index is -1.01. The Hall–Kier alpha value is -2.66. The lowest BCUT2D eigenvalue weighted by molar-refractivity contribution is 0.0696. The van der Waals surface area contributed by atoms with Crippen molar-refractivity contribution >= 4 is 16.9 Å². The third-order valence-corrected chi connectivity index (χ3v) is 3.54. The number of H-pyrrole nitrogens is 1. The van der Waals surface area contributed by atoms with Gasteiger partial charge in [0.2, 0.25) is 0 Å². The number of aromatic carboxylic acids is 1. The summed E-state index contributed by atoms with van der Waals surface area (Å²) in [6.45, 7) is 1.77. The van der Waals surface area contributed by atoms with E-state index in [9.17, 15) is 15.0 Å². The van der Waals surface area contributed by atoms with Gasteiger partial charge in [-0.1, -0.05) is 6.07 Å². The van der Waals surface area contributed by atoms with E-state index < -0.39 is 5.97 Å². The van der Waals surface area contributed by atoms with Crippen LogP contribution in [0.25, 0.3) is 22.0 Å². The van der Waals surface area contributed by atoms with Crippen LogP contribution in [0.1, 0.15) is 21.5 Å². The summed E-state index contributed by atoms with van der Waals surface area (Å²) in [4.78, 5) is 11.3. The lowest BCUT2D eigenvalue weighted by Crippen LogP contribution is -1.99. The van der Waals surface area contributed by atoms with Crippen molar-refractivity contribution < 1.29 is 15.0 Å². The first kappa shape index (κ1) is 13.3. The maximum Gasteiger partial charge on any atom is 0.335 e. The van der Waals surface area contributed by atoms with Crippen molar-refractivity contribution in [1.82, 2.24) is 10.2 Å². The van der Waals surface area contributed by atoms with E-state index in [-0.39, 0.29) is 12.2 Å². The molecule has 3 aromatic rings. The Bertz CT molecular complexity index is 837. The van der Waals surface area contributed by atoms with Gasteiger partial charge in [0, 0.05) is 5.39 Å². The molecule has 0 saturated heterocycles. The normalized spacial score (nSPS) is 11.0. The predicted molar refractivity (Wildman–Crippen MR) is 79.1 cm³/mol. The minimum Gasteiger partial charge on any atom is -0.478 e. The number of hydrogen-bond acceptors (Lipinski definition) is 3. The van der Waals surface area contributed by atoms with Gasteiger partial charge in [0.05, 0.1) is 23.9 Å². The molecule has 0 radical (unpaired) electrons. The molecule has 0 saturated carbocycles. The summed E-state index contributed by atoms with van der Waals surface area (Å²) in [6, 6.07) is 8.81. The number of aromatic nitrogens is 2. The molecule has 0 bridgehead atoms. The highest BCUT2D eigenvalue weighted by molar-refractivity contribution is 5.98. The number of rotatable bonds is 3. The zero-order chi connectivity index (χ0) is 15.0. The van der Waals surface area contributed by atoms with Crippen LogP contribution in [0, 0.1) is 6.92 Å². The Labute approximate surface area is 120 Å². The molecule has 0 spiro atoms. The van der Waals surface area contributed by atoms with Gasteiger partial charge in [-0.2, -0.15) is 5.10 Å². The monoisotopic (exact) mass is 282 g/mol. The van der Waals surface area contributed by atoms with E-state index >= 15 is 0 Å². The van der Waals surface area contributed by atoms with Crippen LogP contribution in [-0.2, 0) is 6.61 Å². The predicted octanol–water partition coefficient (Wildman–Crippen LogP) is 2.73. The third-order valence-electron chi connectivity index (χ3n) is 3.54. The number of carboxylic acids is 1. The van der Waals surface area contributed by atoms with Crippen molar-refractivity contribution in [3.63, 3.8) is 0 Å². The first-order chi connectivity index (χ1) is 10.1. The van der Waals surface area contributed by atoms with Crippen LogP contribution in [-0.4, -0.2) is 26.4 Å². The zero-order valence-electron chi connectivity index (χ0n) is 11.4. The molecule has 3 rings (SSSR count). The molecular weight excluding hydrogens is 268 g/mol. The quantitative estimate of drug-likeness (QED) is 0.689. The van der Waals surface area contributed by atoms with Gasteiger partial charge in [-0.3, -0.25) is 5.10 Å². The number of nitrogens with one attached hydrogen (secondary N) is 1. The van der Waals surface area contributed by atoms with Crippen LogP contribution in [0.2, 0.25) is 0 Å². The molecule has 0 unspecified atom stereocenters. The molecule has 3 N–H and O–H groups in total. The summed E-state index contributed by atoms with van der Waals surface area (Å²) in [5.41, 5.74) is 4.35. The van der Waals surface area contributed by atoms with E-state index in [1.54, 1.807) is 18.3 Å². The van der Waals surface area contributed by atoms with E-state index in [0.29, 0.717) is 5.56 Å². The van der Waals surface area contributed by atoms with Crippen LogP contribution in [0.5, 0.6) is 0 Å². The number of carbonyl (C=O) groups is 1.